The Hall–Kier alpha value is -3.38. The minimum atomic E-state index is -0.126. The van der Waals surface area contributed by atoms with Gasteiger partial charge in [0.1, 0.15) is 11.5 Å². The normalized spacial score (nSPS) is 10.7. The van der Waals surface area contributed by atoms with Crippen LogP contribution in [0, 0.1) is 0 Å². The fraction of sp³-hybridized carbons (Fsp3) is 0.160. The van der Waals surface area contributed by atoms with Crippen molar-refractivity contribution >= 4 is 28.6 Å². The first-order chi connectivity index (χ1) is 15.2. The van der Waals surface area contributed by atoms with E-state index in [0.717, 1.165) is 28.3 Å². The second-order valence-electron chi connectivity index (χ2n) is 6.90. The van der Waals surface area contributed by atoms with Crippen molar-refractivity contribution in [1.82, 2.24) is 10.3 Å². The van der Waals surface area contributed by atoms with Crippen LogP contribution in [0.1, 0.15) is 0 Å². The number of amides is 1. The summed E-state index contributed by atoms with van der Waals surface area (Å²) >= 11 is 1.73. The molecular formula is C25H24N2O3S. The Morgan fingerprint density at radius 2 is 1.68 bits per heavy atom. The third-order valence-corrected chi connectivity index (χ3v) is 5.94. The van der Waals surface area contributed by atoms with Crippen molar-refractivity contribution in [1.29, 1.82) is 0 Å². The number of nitrogens with one attached hydrogen (secondary N) is 2. The molecule has 0 unspecified atom stereocenters. The van der Waals surface area contributed by atoms with Gasteiger partial charge in [0.2, 0.25) is 0 Å². The van der Waals surface area contributed by atoms with Gasteiger partial charge in [0, 0.05) is 28.1 Å². The number of methoxy groups -OCH3 is 1. The summed E-state index contributed by atoms with van der Waals surface area (Å²) < 4.78 is 10.8. The van der Waals surface area contributed by atoms with Gasteiger partial charge < -0.3 is 19.8 Å². The number of H-pyrrole nitrogens is 1. The average Bonchev–Trinajstić information content (AvgIpc) is 3.20. The molecule has 1 aromatic heterocycles. The predicted octanol–water partition coefficient (Wildman–Crippen LogP) is 5.13. The highest BCUT2D eigenvalue weighted by Gasteiger charge is 2.14. The fourth-order valence-electron chi connectivity index (χ4n) is 3.29. The monoisotopic (exact) mass is 432 g/mol. The molecule has 0 saturated carbocycles. The van der Waals surface area contributed by atoms with Crippen LogP contribution in [0.3, 0.4) is 0 Å². The van der Waals surface area contributed by atoms with Gasteiger partial charge in [0.15, 0.2) is 6.61 Å². The lowest BCUT2D eigenvalue weighted by Gasteiger charge is -2.09. The lowest BCUT2D eigenvalue weighted by Crippen LogP contribution is -2.30. The standard InChI is InChI=1S/C25H24N2O3S/c1-29-19-13-11-18(12-14-19)24-25(21-9-5-6-10-22(21)27-24)31-16-15-26-23(28)17-30-20-7-3-2-4-8-20/h2-14,27H,15-17H2,1H3,(H,26,28). The van der Waals surface area contributed by atoms with E-state index in [9.17, 15) is 4.79 Å². The molecule has 31 heavy (non-hydrogen) atoms. The molecule has 3 aromatic carbocycles. The maximum absolute atomic E-state index is 12.1. The summed E-state index contributed by atoms with van der Waals surface area (Å²) in [6.07, 6.45) is 0. The lowest BCUT2D eigenvalue weighted by atomic mass is 10.1. The number of para-hydroxylation sites is 2. The number of carbonyl (C=O) groups is 1. The Morgan fingerprint density at radius 1 is 0.935 bits per heavy atom. The van der Waals surface area contributed by atoms with Crippen molar-refractivity contribution in [3.05, 3.63) is 78.9 Å². The largest absolute Gasteiger partial charge is 0.497 e. The van der Waals surface area contributed by atoms with E-state index < -0.39 is 0 Å². The van der Waals surface area contributed by atoms with Gasteiger partial charge in [-0.2, -0.15) is 0 Å². The summed E-state index contributed by atoms with van der Waals surface area (Å²) in [6.45, 7) is 0.572. The van der Waals surface area contributed by atoms with Gasteiger partial charge in [-0.1, -0.05) is 36.4 Å². The van der Waals surface area contributed by atoms with E-state index in [0.29, 0.717) is 12.3 Å². The van der Waals surface area contributed by atoms with Gasteiger partial charge >= 0.3 is 0 Å². The number of fused-ring (bicyclic) bond motifs is 1. The molecule has 0 fully saturated rings. The van der Waals surface area contributed by atoms with E-state index in [1.165, 1.54) is 10.3 Å². The number of aromatic amines is 1. The van der Waals surface area contributed by atoms with Crippen LogP contribution in [0.4, 0.5) is 0 Å². The second kappa shape index (κ2) is 10.1. The molecule has 2 N–H and O–H groups in total. The summed E-state index contributed by atoms with van der Waals surface area (Å²) in [5.41, 5.74) is 3.27. The van der Waals surface area contributed by atoms with E-state index in [-0.39, 0.29) is 12.5 Å². The van der Waals surface area contributed by atoms with Gasteiger partial charge in [0.05, 0.1) is 12.8 Å². The number of aromatic nitrogens is 1. The fourth-order valence-corrected chi connectivity index (χ4v) is 4.34. The molecule has 0 spiro atoms. The highest BCUT2D eigenvalue weighted by atomic mass is 32.2. The van der Waals surface area contributed by atoms with Crippen LogP contribution in [0.2, 0.25) is 0 Å². The third-order valence-electron chi connectivity index (χ3n) is 4.82. The molecule has 4 aromatic rings. The first kappa shape index (κ1) is 20.9. The van der Waals surface area contributed by atoms with Crippen LogP contribution in [0.25, 0.3) is 22.2 Å². The number of hydrogen-bond acceptors (Lipinski definition) is 4. The maximum atomic E-state index is 12.1. The molecule has 4 rings (SSSR count). The van der Waals surface area contributed by atoms with Crippen LogP contribution >= 0.6 is 11.8 Å². The summed E-state index contributed by atoms with van der Waals surface area (Å²) in [6, 6.07) is 25.6. The lowest BCUT2D eigenvalue weighted by molar-refractivity contribution is -0.122. The average molecular weight is 433 g/mol. The van der Waals surface area contributed by atoms with E-state index in [1.807, 2.05) is 54.6 Å². The third kappa shape index (κ3) is 5.22. The van der Waals surface area contributed by atoms with Crippen molar-refractivity contribution in [2.45, 2.75) is 4.90 Å². The number of hydrogen-bond donors (Lipinski definition) is 2. The van der Waals surface area contributed by atoms with E-state index >= 15 is 0 Å². The zero-order valence-corrected chi connectivity index (χ0v) is 18.1. The van der Waals surface area contributed by atoms with Crippen molar-refractivity contribution in [2.75, 3.05) is 26.0 Å². The summed E-state index contributed by atoms with van der Waals surface area (Å²) in [5, 5.41) is 4.10. The summed E-state index contributed by atoms with van der Waals surface area (Å²) in [7, 11) is 1.67. The molecule has 0 saturated heterocycles. The first-order valence-electron chi connectivity index (χ1n) is 10.1. The van der Waals surface area contributed by atoms with Gasteiger partial charge in [-0.3, -0.25) is 4.79 Å². The summed E-state index contributed by atoms with van der Waals surface area (Å²) in [4.78, 5) is 16.8. The van der Waals surface area contributed by atoms with Gasteiger partial charge in [-0.15, -0.1) is 11.8 Å². The quantitative estimate of drug-likeness (QED) is 0.284. The van der Waals surface area contributed by atoms with Crippen LogP contribution in [0.5, 0.6) is 11.5 Å². The number of thioether (sulfide) groups is 1. The molecule has 0 aliphatic carbocycles. The molecule has 0 aliphatic rings. The molecule has 5 nitrogen and oxygen atoms in total. The molecular weight excluding hydrogens is 408 g/mol. The SMILES string of the molecule is COc1ccc(-c2[nH]c3ccccc3c2SCCNC(=O)COc2ccccc2)cc1. The van der Waals surface area contributed by atoms with Crippen molar-refractivity contribution in [3.8, 4) is 22.8 Å². The Morgan fingerprint density at radius 3 is 2.45 bits per heavy atom. The molecule has 1 amide bonds. The van der Waals surface area contributed by atoms with Crippen molar-refractivity contribution in [2.24, 2.45) is 0 Å². The Kier molecular flexibility index (Phi) is 6.79. The van der Waals surface area contributed by atoms with Crippen LogP contribution in [0.15, 0.2) is 83.8 Å². The first-order valence-corrected chi connectivity index (χ1v) is 11.1. The van der Waals surface area contributed by atoms with Gasteiger partial charge in [0.25, 0.3) is 5.91 Å². The van der Waals surface area contributed by atoms with Crippen LogP contribution < -0.4 is 14.8 Å². The molecule has 0 radical (unpaired) electrons. The maximum Gasteiger partial charge on any atom is 0.257 e. The van der Waals surface area contributed by atoms with Crippen molar-refractivity contribution < 1.29 is 14.3 Å². The molecule has 0 atom stereocenters. The number of benzene rings is 3. The minimum absolute atomic E-state index is 0.0128. The summed E-state index contributed by atoms with van der Waals surface area (Å²) in [5.74, 6) is 2.14. The molecule has 0 bridgehead atoms. The molecule has 1 heterocycles. The number of carbonyl (C=O) groups excluding carboxylic acids is 1. The van der Waals surface area contributed by atoms with E-state index in [4.69, 9.17) is 9.47 Å². The topological polar surface area (TPSA) is 63.3 Å². The Balaban J connectivity index is 1.39. The van der Waals surface area contributed by atoms with Crippen LogP contribution in [-0.2, 0) is 4.79 Å². The van der Waals surface area contributed by atoms with Crippen LogP contribution in [-0.4, -0.2) is 36.9 Å². The molecule has 0 aliphatic heterocycles. The molecule has 6 heteroatoms. The second-order valence-corrected chi connectivity index (χ2v) is 8.01. The van der Waals surface area contributed by atoms with Gasteiger partial charge in [-0.25, -0.2) is 0 Å². The highest BCUT2D eigenvalue weighted by molar-refractivity contribution is 7.99. The number of rotatable bonds is 9. The van der Waals surface area contributed by atoms with Gasteiger partial charge in [-0.05, 0) is 48.0 Å². The Labute approximate surface area is 185 Å². The highest BCUT2D eigenvalue weighted by Crippen LogP contribution is 2.37. The zero-order valence-electron chi connectivity index (χ0n) is 17.3. The van der Waals surface area contributed by atoms with Crippen molar-refractivity contribution in [3.63, 3.8) is 0 Å². The zero-order chi connectivity index (χ0) is 21.5. The minimum Gasteiger partial charge on any atom is -0.497 e. The number of ether oxygens (including phenoxy) is 2. The molecule has 158 valence electrons. The van der Waals surface area contributed by atoms with E-state index in [1.54, 1.807) is 18.9 Å². The smallest absolute Gasteiger partial charge is 0.257 e. The van der Waals surface area contributed by atoms with E-state index in [2.05, 4.69) is 34.6 Å². The predicted molar refractivity (Wildman–Crippen MR) is 126 cm³/mol. The Bertz CT molecular complexity index is 1140.